The van der Waals surface area contributed by atoms with Gasteiger partial charge >= 0.3 is 0 Å². The molecule has 0 saturated carbocycles. The van der Waals surface area contributed by atoms with E-state index in [9.17, 15) is 4.79 Å². The number of nitrogens with one attached hydrogen (secondary N) is 1. The molecule has 1 aliphatic heterocycles. The summed E-state index contributed by atoms with van der Waals surface area (Å²) >= 11 is 0. The number of benzene rings is 2. The van der Waals surface area contributed by atoms with E-state index in [2.05, 4.69) is 19.2 Å². The molecule has 1 N–H and O–H groups in total. The largest absolute Gasteiger partial charge is 0.496 e. The van der Waals surface area contributed by atoms with Crippen LogP contribution in [0.3, 0.4) is 0 Å². The van der Waals surface area contributed by atoms with Crippen LogP contribution in [0.1, 0.15) is 41.3 Å². The first kappa shape index (κ1) is 16.2. The van der Waals surface area contributed by atoms with Crippen LogP contribution in [-0.2, 0) is 6.54 Å². The minimum Gasteiger partial charge on any atom is -0.496 e. The molecule has 5 nitrogen and oxygen atoms in total. The van der Waals surface area contributed by atoms with Crippen LogP contribution in [0.25, 0.3) is 0 Å². The number of hydrogen-bond donors (Lipinski definition) is 1. The molecule has 0 bridgehead atoms. The molecule has 2 aromatic carbocycles. The van der Waals surface area contributed by atoms with E-state index >= 15 is 0 Å². The lowest BCUT2D eigenvalue weighted by molar-refractivity contribution is 0.0947. The maximum Gasteiger partial charge on any atom is 0.255 e. The summed E-state index contributed by atoms with van der Waals surface area (Å²) in [5.41, 5.74) is 2.60. The molecule has 126 valence electrons. The first-order chi connectivity index (χ1) is 11.6. The van der Waals surface area contributed by atoms with Gasteiger partial charge in [-0.1, -0.05) is 26.0 Å². The molecule has 1 amide bonds. The van der Waals surface area contributed by atoms with Crippen molar-refractivity contribution in [3.63, 3.8) is 0 Å². The molecule has 0 unspecified atom stereocenters. The quantitative estimate of drug-likeness (QED) is 0.913. The Morgan fingerprint density at radius 3 is 2.71 bits per heavy atom. The standard InChI is InChI=1S/C19H21NO4/c1-12(2)14-5-7-16(22-3)15(9-14)19(21)20-10-13-4-6-17-18(8-13)24-11-23-17/h4-9,12H,10-11H2,1-3H3,(H,20,21). The zero-order chi connectivity index (χ0) is 17.1. The van der Waals surface area contributed by atoms with E-state index < -0.39 is 0 Å². The second-order valence-corrected chi connectivity index (χ2v) is 5.98. The van der Waals surface area contributed by atoms with Gasteiger partial charge in [0.05, 0.1) is 12.7 Å². The molecule has 2 aromatic rings. The van der Waals surface area contributed by atoms with Crippen molar-refractivity contribution in [1.82, 2.24) is 5.32 Å². The molecule has 3 rings (SSSR count). The van der Waals surface area contributed by atoms with Crippen molar-refractivity contribution in [3.8, 4) is 17.2 Å². The lowest BCUT2D eigenvalue weighted by atomic mass is 10.00. The Morgan fingerprint density at radius 2 is 1.96 bits per heavy atom. The van der Waals surface area contributed by atoms with E-state index in [0.717, 1.165) is 16.9 Å². The molecule has 5 heteroatoms. The van der Waals surface area contributed by atoms with Crippen LogP contribution >= 0.6 is 0 Å². The van der Waals surface area contributed by atoms with Gasteiger partial charge in [-0.2, -0.15) is 0 Å². The van der Waals surface area contributed by atoms with Crippen LogP contribution < -0.4 is 19.5 Å². The third-order valence-electron chi connectivity index (χ3n) is 4.02. The second-order valence-electron chi connectivity index (χ2n) is 5.98. The minimum atomic E-state index is -0.160. The average molecular weight is 327 g/mol. The Balaban J connectivity index is 1.74. The first-order valence-electron chi connectivity index (χ1n) is 7.93. The fourth-order valence-corrected chi connectivity index (χ4v) is 2.59. The topological polar surface area (TPSA) is 56.8 Å². The zero-order valence-electron chi connectivity index (χ0n) is 14.1. The molecule has 1 aliphatic rings. The molecule has 0 aliphatic carbocycles. The van der Waals surface area contributed by atoms with Crippen molar-refractivity contribution in [2.45, 2.75) is 26.3 Å². The summed E-state index contributed by atoms with van der Waals surface area (Å²) in [6.45, 7) is 4.83. The van der Waals surface area contributed by atoms with Gasteiger partial charge in [0, 0.05) is 6.54 Å². The Bertz CT molecular complexity index is 755. The highest BCUT2D eigenvalue weighted by molar-refractivity contribution is 5.97. The Hall–Kier alpha value is -2.69. The number of carbonyl (C=O) groups excluding carboxylic acids is 1. The average Bonchev–Trinajstić information content (AvgIpc) is 3.06. The molecule has 0 spiro atoms. The normalized spacial score (nSPS) is 12.3. The molecule has 0 fully saturated rings. The highest BCUT2D eigenvalue weighted by atomic mass is 16.7. The van der Waals surface area contributed by atoms with E-state index in [-0.39, 0.29) is 12.7 Å². The van der Waals surface area contributed by atoms with Crippen LogP contribution in [0.4, 0.5) is 0 Å². The lowest BCUT2D eigenvalue weighted by Gasteiger charge is -2.13. The molecule has 0 radical (unpaired) electrons. The lowest BCUT2D eigenvalue weighted by Crippen LogP contribution is -2.23. The van der Waals surface area contributed by atoms with Gasteiger partial charge in [-0.3, -0.25) is 4.79 Å². The number of methoxy groups -OCH3 is 1. The van der Waals surface area contributed by atoms with Crippen molar-refractivity contribution in [1.29, 1.82) is 0 Å². The minimum absolute atomic E-state index is 0.160. The van der Waals surface area contributed by atoms with E-state index in [1.54, 1.807) is 7.11 Å². The van der Waals surface area contributed by atoms with Crippen LogP contribution in [0.5, 0.6) is 17.2 Å². The molecular weight excluding hydrogens is 306 g/mol. The summed E-state index contributed by atoms with van der Waals surface area (Å²) in [5, 5.41) is 2.93. The monoisotopic (exact) mass is 327 g/mol. The first-order valence-corrected chi connectivity index (χ1v) is 7.93. The maximum atomic E-state index is 12.6. The van der Waals surface area contributed by atoms with E-state index in [1.807, 2.05) is 36.4 Å². The highest BCUT2D eigenvalue weighted by Crippen LogP contribution is 2.32. The number of rotatable bonds is 5. The molecule has 0 aromatic heterocycles. The summed E-state index contributed by atoms with van der Waals surface area (Å²) in [4.78, 5) is 12.6. The Kier molecular flexibility index (Phi) is 4.60. The van der Waals surface area contributed by atoms with Crippen molar-refractivity contribution in [2.75, 3.05) is 13.9 Å². The SMILES string of the molecule is COc1ccc(C(C)C)cc1C(=O)NCc1ccc2c(c1)OCO2. The maximum absolute atomic E-state index is 12.6. The Labute approximate surface area is 141 Å². The third kappa shape index (κ3) is 3.30. The number of carbonyl (C=O) groups is 1. The zero-order valence-corrected chi connectivity index (χ0v) is 14.1. The van der Waals surface area contributed by atoms with Crippen molar-refractivity contribution < 1.29 is 19.0 Å². The van der Waals surface area contributed by atoms with Gasteiger partial charge in [-0.05, 0) is 41.3 Å². The number of fused-ring (bicyclic) bond motifs is 1. The van der Waals surface area contributed by atoms with Gasteiger partial charge in [-0.15, -0.1) is 0 Å². The van der Waals surface area contributed by atoms with E-state index in [0.29, 0.717) is 29.5 Å². The molecule has 0 atom stereocenters. The van der Waals surface area contributed by atoms with E-state index in [1.165, 1.54) is 0 Å². The summed E-state index contributed by atoms with van der Waals surface area (Å²) in [5.74, 6) is 2.20. The molecule has 1 heterocycles. The third-order valence-corrected chi connectivity index (χ3v) is 4.02. The van der Waals surface area contributed by atoms with Gasteiger partial charge in [-0.25, -0.2) is 0 Å². The smallest absolute Gasteiger partial charge is 0.255 e. The van der Waals surface area contributed by atoms with Crippen molar-refractivity contribution in [2.24, 2.45) is 0 Å². The summed E-state index contributed by atoms with van der Waals surface area (Å²) in [6, 6.07) is 11.4. The Morgan fingerprint density at radius 1 is 1.17 bits per heavy atom. The predicted molar refractivity (Wildman–Crippen MR) is 90.8 cm³/mol. The van der Waals surface area contributed by atoms with E-state index in [4.69, 9.17) is 14.2 Å². The molecule has 24 heavy (non-hydrogen) atoms. The predicted octanol–water partition coefficient (Wildman–Crippen LogP) is 3.48. The van der Waals surface area contributed by atoms with Crippen LogP contribution in [0, 0.1) is 0 Å². The van der Waals surface area contributed by atoms with Crippen LogP contribution in [0.2, 0.25) is 0 Å². The van der Waals surface area contributed by atoms with Crippen LogP contribution in [-0.4, -0.2) is 19.8 Å². The molecule has 0 saturated heterocycles. The van der Waals surface area contributed by atoms with Gasteiger partial charge in [0.15, 0.2) is 11.5 Å². The summed E-state index contributed by atoms with van der Waals surface area (Å²) in [7, 11) is 1.57. The van der Waals surface area contributed by atoms with Crippen molar-refractivity contribution >= 4 is 5.91 Å². The summed E-state index contributed by atoms with van der Waals surface area (Å²) < 4.78 is 16.0. The number of ether oxygens (including phenoxy) is 3. The van der Waals surface area contributed by atoms with Crippen molar-refractivity contribution in [3.05, 3.63) is 53.1 Å². The van der Waals surface area contributed by atoms with Gasteiger partial charge < -0.3 is 19.5 Å². The highest BCUT2D eigenvalue weighted by Gasteiger charge is 2.16. The van der Waals surface area contributed by atoms with Gasteiger partial charge in [0.1, 0.15) is 5.75 Å². The number of hydrogen-bond acceptors (Lipinski definition) is 4. The van der Waals surface area contributed by atoms with Gasteiger partial charge in [0.2, 0.25) is 6.79 Å². The second kappa shape index (κ2) is 6.83. The molecular formula is C19H21NO4. The summed E-state index contributed by atoms with van der Waals surface area (Å²) in [6.07, 6.45) is 0. The van der Waals surface area contributed by atoms with Gasteiger partial charge in [0.25, 0.3) is 5.91 Å². The van der Waals surface area contributed by atoms with Crippen LogP contribution in [0.15, 0.2) is 36.4 Å². The fourth-order valence-electron chi connectivity index (χ4n) is 2.59. The fraction of sp³-hybridized carbons (Fsp3) is 0.316. The number of amides is 1.